The SMILES string of the molecule is CC(C)(CNC(=O)N1CCN(c2ncccn2)CC1)c1ccc(F)cc1. The van der Waals surface area contributed by atoms with Gasteiger partial charge in [0.05, 0.1) is 0 Å². The molecule has 3 rings (SSSR count). The molecule has 0 unspecified atom stereocenters. The van der Waals surface area contributed by atoms with Gasteiger partial charge in [0, 0.05) is 50.5 Å². The van der Waals surface area contributed by atoms with E-state index in [1.54, 1.807) is 35.5 Å². The van der Waals surface area contributed by atoms with E-state index >= 15 is 0 Å². The number of nitrogens with zero attached hydrogens (tertiary/aromatic N) is 4. The molecule has 0 bridgehead atoms. The third kappa shape index (κ3) is 4.28. The van der Waals surface area contributed by atoms with Crippen molar-refractivity contribution < 1.29 is 9.18 Å². The lowest BCUT2D eigenvalue weighted by atomic mass is 9.84. The molecule has 1 aliphatic heterocycles. The van der Waals surface area contributed by atoms with E-state index in [1.165, 1.54) is 12.1 Å². The molecule has 26 heavy (non-hydrogen) atoms. The van der Waals surface area contributed by atoms with Crippen LogP contribution in [0, 0.1) is 5.82 Å². The van der Waals surface area contributed by atoms with Crippen LogP contribution in [0.2, 0.25) is 0 Å². The zero-order chi connectivity index (χ0) is 18.6. The minimum atomic E-state index is -0.275. The molecule has 1 aliphatic rings. The second-order valence-corrected chi connectivity index (χ2v) is 7.07. The van der Waals surface area contributed by atoms with Crippen LogP contribution >= 0.6 is 0 Å². The number of hydrogen-bond donors (Lipinski definition) is 1. The molecule has 6 nitrogen and oxygen atoms in total. The number of benzene rings is 1. The fraction of sp³-hybridized carbons (Fsp3) is 0.421. The van der Waals surface area contributed by atoms with E-state index in [2.05, 4.69) is 20.2 Å². The number of aromatic nitrogens is 2. The number of nitrogens with one attached hydrogen (secondary N) is 1. The molecule has 2 heterocycles. The van der Waals surface area contributed by atoms with Gasteiger partial charge < -0.3 is 15.1 Å². The number of anilines is 1. The van der Waals surface area contributed by atoms with Crippen molar-refractivity contribution in [3.05, 3.63) is 54.1 Å². The number of amides is 2. The number of halogens is 1. The molecule has 1 aromatic carbocycles. The van der Waals surface area contributed by atoms with E-state index < -0.39 is 0 Å². The number of carbonyl (C=O) groups excluding carboxylic acids is 1. The highest BCUT2D eigenvalue weighted by Crippen LogP contribution is 2.22. The van der Waals surface area contributed by atoms with Crippen LogP contribution in [0.1, 0.15) is 19.4 Å². The Morgan fingerprint density at radius 1 is 1.12 bits per heavy atom. The van der Waals surface area contributed by atoms with Crippen molar-refractivity contribution in [1.82, 2.24) is 20.2 Å². The zero-order valence-corrected chi connectivity index (χ0v) is 15.2. The van der Waals surface area contributed by atoms with E-state index in [-0.39, 0.29) is 17.3 Å². The van der Waals surface area contributed by atoms with Crippen molar-refractivity contribution in [2.24, 2.45) is 0 Å². The Morgan fingerprint density at radius 3 is 2.35 bits per heavy atom. The normalized spacial score (nSPS) is 15.0. The molecule has 1 aromatic heterocycles. The first-order valence-corrected chi connectivity index (χ1v) is 8.76. The molecule has 7 heteroatoms. The van der Waals surface area contributed by atoms with Gasteiger partial charge in [-0.05, 0) is 23.8 Å². The largest absolute Gasteiger partial charge is 0.337 e. The van der Waals surface area contributed by atoms with Gasteiger partial charge in [-0.2, -0.15) is 0 Å². The van der Waals surface area contributed by atoms with Crippen LogP contribution in [0.3, 0.4) is 0 Å². The summed E-state index contributed by atoms with van der Waals surface area (Å²) in [6.07, 6.45) is 3.44. The molecule has 2 amide bonds. The van der Waals surface area contributed by atoms with E-state index in [1.807, 2.05) is 13.8 Å². The van der Waals surface area contributed by atoms with Crippen molar-refractivity contribution in [3.8, 4) is 0 Å². The van der Waals surface area contributed by atoms with Crippen molar-refractivity contribution in [2.45, 2.75) is 19.3 Å². The Morgan fingerprint density at radius 2 is 1.73 bits per heavy atom. The smallest absolute Gasteiger partial charge is 0.317 e. The molecule has 0 radical (unpaired) electrons. The summed E-state index contributed by atoms with van der Waals surface area (Å²) in [5, 5.41) is 3.00. The number of carbonyl (C=O) groups is 1. The first-order chi connectivity index (χ1) is 12.5. The average molecular weight is 357 g/mol. The van der Waals surface area contributed by atoms with Crippen LogP contribution in [0.4, 0.5) is 15.1 Å². The number of rotatable bonds is 4. The highest BCUT2D eigenvalue weighted by Gasteiger charge is 2.25. The van der Waals surface area contributed by atoms with Crippen LogP contribution in [0.15, 0.2) is 42.7 Å². The fourth-order valence-corrected chi connectivity index (χ4v) is 2.98. The summed E-state index contributed by atoms with van der Waals surface area (Å²) in [5.41, 5.74) is 0.716. The summed E-state index contributed by atoms with van der Waals surface area (Å²) in [7, 11) is 0. The van der Waals surface area contributed by atoms with E-state index in [0.717, 1.165) is 5.56 Å². The summed E-state index contributed by atoms with van der Waals surface area (Å²) in [5.74, 6) is 0.443. The molecule has 138 valence electrons. The maximum absolute atomic E-state index is 13.1. The van der Waals surface area contributed by atoms with Gasteiger partial charge in [0.1, 0.15) is 5.82 Å². The van der Waals surface area contributed by atoms with Crippen LogP contribution < -0.4 is 10.2 Å². The van der Waals surface area contributed by atoms with Gasteiger partial charge >= 0.3 is 6.03 Å². The first kappa shape index (κ1) is 18.1. The predicted molar refractivity (Wildman–Crippen MR) is 98.6 cm³/mol. The van der Waals surface area contributed by atoms with Gasteiger partial charge in [-0.15, -0.1) is 0 Å². The monoisotopic (exact) mass is 357 g/mol. The summed E-state index contributed by atoms with van der Waals surface area (Å²) in [6, 6.07) is 8.14. The standard InChI is InChI=1S/C19H24FN5O/c1-19(2,15-4-6-16(20)7-5-15)14-23-18(26)25-12-10-24(11-13-25)17-21-8-3-9-22-17/h3-9H,10-14H2,1-2H3,(H,23,26). The quantitative estimate of drug-likeness (QED) is 0.913. The molecule has 0 atom stereocenters. The lowest BCUT2D eigenvalue weighted by molar-refractivity contribution is 0.192. The maximum Gasteiger partial charge on any atom is 0.317 e. The van der Waals surface area contributed by atoms with Crippen molar-refractivity contribution >= 4 is 12.0 Å². The van der Waals surface area contributed by atoms with Crippen LogP contribution in [0.25, 0.3) is 0 Å². The molecular formula is C19H24FN5O. The summed E-state index contributed by atoms with van der Waals surface area (Å²) in [4.78, 5) is 24.9. The third-order valence-electron chi connectivity index (χ3n) is 4.71. The number of piperazine rings is 1. The van der Waals surface area contributed by atoms with Crippen LogP contribution in [-0.2, 0) is 5.41 Å². The van der Waals surface area contributed by atoms with Crippen molar-refractivity contribution in [1.29, 1.82) is 0 Å². The third-order valence-corrected chi connectivity index (χ3v) is 4.71. The minimum absolute atomic E-state index is 0.0752. The fourth-order valence-electron chi connectivity index (χ4n) is 2.98. The van der Waals surface area contributed by atoms with Gasteiger partial charge in [0.15, 0.2) is 0 Å². The summed E-state index contributed by atoms with van der Waals surface area (Å²) in [6.45, 7) is 7.22. The number of urea groups is 1. The van der Waals surface area contributed by atoms with E-state index in [0.29, 0.717) is 38.7 Å². The van der Waals surface area contributed by atoms with Gasteiger partial charge in [0.2, 0.25) is 5.95 Å². The van der Waals surface area contributed by atoms with E-state index in [9.17, 15) is 9.18 Å². The first-order valence-electron chi connectivity index (χ1n) is 8.76. The van der Waals surface area contributed by atoms with Crippen molar-refractivity contribution in [2.75, 3.05) is 37.6 Å². The van der Waals surface area contributed by atoms with E-state index in [4.69, 9.17) is 0 Å². The molecular weight excluding hydrogens is 333 g/mol. The molecule has 1 N–H and O–H groups in total. The summed E-state index contributed by atoms with van der Waals surface area (Å²) < 4.78 is 13.1. The van der Waals surface area contributed by atoms with Crippen LogP contribution in [0.5, 0.6) is 0 Å². The maximum atomic E-state index is 13.1. The Hall–Kier alpha value is -2.70. The molecule has 0 saturated carbocycles. The highest BCUT2D eigenvalue weighted by atomic mass is 19.1. The Kier molecular flexibility index (Phi) is 5.35. The van der Waals surface area contributed by atoms with Gasteiger partial charge in [-0.3, -0.25) is 0 Å². The highest BCUT2D eigenvalue weighted by molar-refractivity contribution is 5.74. The average Bonchev–Trinajstić information content (AvgIpc) is 2.67. The Balaban J connectivity index is 1.50. The molecule has 1 saturated heterocycles. The molecule has 2 aromatic rings. The van der Waals surface area contributed by atoms with Crippen molar-refractivity contribution in [3.63, 3.8) is 0 Å². The second-order valence-electron chi connectivity index (χ2n) is 7.07. The van der Waals surface area contributed by atoms with Crippen LogP contribution in [-0.4, -0.2) is 53.6 Å². The lowest BCUT2D eigenvalue weighted by Crippen LogP contribution is -2.53. The number of hydrogen-bond acceptors (Lipinski definition) is 4. The lowest BCUT2D eigenvalue weighted by Gasteiger charge is -2.35. The summed E-state index contributed by atoms with van der Waals surface area (Å²) >= 11 is 0. The topological polar surface area (TPSA) is 61.4 Å². The second kappa shape index (κ2) is 7.68. The van der Waals surface area contributed by atoms with Gasteiger partial charge in [0.25, 0.3) is 0 Å². The molecule has 0 spiro atoms. The minimum Gasteiger partial charge on any atom is -0.337 e. The Labute approximate surface area is 153 Å². The molecule has 0 aliphatic carbocycles. The zero-order valence-electron chi connectivity index (χ0n) is 15.2. The van der Waals surface area contributed by atoms with Gasteiger partial charge in [-0.1, -0.05) is 26.0 Å². The predicted octanol–water partition coefficient (Wildman–Crippen LogP) is 2.43. The Bertz CT molecular complexity index is 727. The molecule has 1 fully saturated rings. The van der Waals surface area contributed by atoms with Gasteiger partial charge in [-0.25, -0.2) is 19.2 Å².